The van der Waals surface area contributed by atoms with Crippen LogP contribution < -0.4 is 33.3 Å². The van der Waals surface area contributed by atoms with E-state index in [0.29, 0.717) is 13.1 Å². The molecule has 3 heterocycles. The molecule has 1 amide bonds. The number of carbonyl (C=O) groups is 1. The molecule has 0 aliphatic rings. The standard InChI is InChI=1S/C23H21N5O.C2H3N.2ClHO4.2Fe/c29-23(27-19-10-9-18-6-5-13-26-22(18)14-19)17-28(15-20-7-1-3-11-24-20)16-21-8-2-4-12-25-21;1-2-3;2*2-1(3,4)5;;/h1-14H,15-17H2,(H,27,29);1H3;2*(H,2,3,4,5);;/q;;;;2*+3. The fraction of sp³-hybridized carbons (Fsp3) is 0.160. The average molecular weight is 737 g/mol. The van der Waals surface area contributed by atoms with E-state index in [1.807, 2.05) is 71.6 Å². The van der Waals surface area contributed by atoms with Crippen molar-refractivity contribution < 1.29 is 96.7 Å². The van der Waals surface area contributed by atoms with E-state index in [-0.39, 0.29) is 46.6 Å². The summed E-state index contributed by atoms with van der Waals surface area (Å²) in [7, 11) is -9.39. The fourth-order valence-electron chi connectivity index (χ4n) is 3.16. The predicted molar refractivity (Wildman–Crippen MR) is 129 cm³/mol. The molecule has 15 nitrogen and oxygen atoms in total. The number of benzene rings is 1. The van der Waals surface area contributed by atoms with Crippen molar-refractivity contribution in [2.24, 2.45) is 0 Å². The Bertz CT molecular complexity index is 1330. The molecule has 0 aliphatic carbocycles. The smallest absolute Gasteiger partial charge is 0.325 e. The number of nitriles is 1. The zero-order chi connectivity index (χ0) is 31.6. The molecule has 0 bridgehead atoms. The number of pyridine rings is 3. The number of halogens is 2. The molecular weight excluding hydrogens is 711 g/mol. The Morgan fingerprint density at radius 1 is 0.818 bits per heavy atom. The van der Waals surface area contributed by atoms with Gasteiger partial charge in [0, 0.05) is 49.7 Å². The first-order chi connectivity index (χ1) is 19.7. The summed E-state index contributed by atoms with van der Waals surface area (Å²) in [5, 5.41) is 11.3. The topological polar surface area (TPSA) is 274 Å². The second kappa shape index (κ2) is 22.6. The van der Waals surface area contributed by atoms with Gasteiger partial charge < -0.3 is 5.32 Å². The predicted octanol–water partition coefficient (Wildman–Crippen LogP) is -4.06. The zero-order valence-corrected chi connectivity index (χ0v) is 26.4. The molecule has 4 rings (SSSR count). The van der Waals surface area contributed by atoms with Crippen LogP contribution in [0.3, 0.4) is 0 Å². The minimum atomic E-state index is -4.69. The van der Waals surface area contributed by atoms with Gasteiger partial charge in [0.15, 0.2) is 0 Å². The van der Waals surface area contributed by atoms with Crippen molar-refractivity contribution in [1.29, 1.82) is 5.26 Å². The summed E-state index contributed by atoms with van der Waals surface area (Å²) in [5.41, 5.74) is 3.40. The molecule has 2 radical (unpaired) electrons. The molecule has 44 heavy (non-hydrogen) atoms. The van der Waals surface area contributed by atoms with Crippen LogP contribution in [0, 0.1) is 31.8 Å². The maximum atomic E-state index is 12.7. The number of carbonyl (C=O) groups excluding carboxylic acids is 1. The van der Waals surface area contributed by atoms with Crippen LogP contribution in [-0.2, 0) is 52.0 Å². The third-order valence-corrected chi connectivity index (χ3v) is 4.48. The molecule has 19 heteroatoms. The van der Waals surface area contributed by atoms with E-state index < -0.39 is 20.5 Å². The summed E-state index contributed by atoms with van der Waals surface area (Å²) < 4.78 is 65.4. The first kappa shape index (κ1) is 43.3. The van der Waals surface area contributed by atoms with Crippen LogP contribution in [0.5, 0.6) is 0 Å². The summed E-state index contributed by atoms with van der Waals surface area (Å²) in [5.74, 6) is -0.0906. The molecule has 1 aromatic carbocycles. The van der Waals surface area contributed by atoms with Crippen molar-refractivity contribution in [3.63, 3.8) is 0 Å². The van der Waals surface area contributed by atoms with Crippen molar-refractivity contribution in [3.8, 4) is 6.07 Å². The number of anilines is 1. The maximum Gasteiger partial charge on any atom is 3.00 e. The van der Waals surface area contributed by atoms with Gasteiger partial charge >= 0.3 is 34.1 Å². The summed E-state index contributed by atoms with van der Waals surface area (Å²) in [6, 6.07) is 22.9. The number of fused-ring (bicyclic) bond motifs is 1. The number of nitrogens with one attached hydrogen (secondary N) is 1. The van der Waals surface area contributed by atoms with Crippen LogP contribution in [-0.4, -0.2) is 41.6 Å². The van der Waals surface area contributed by atoms with Crippen LogP contribution in [0.4, 0.5) is 5.69 Å². The monoisotopic (exact) mass is 736 g/mol. The summed E-state index contributed by atoms with van der Waals surface area (Å²) in [6.07, 6.45) is 5.27. The van der Waals surface area contributed by atoms with Crippen LogP contribution in [0.1, 0.15) is 18.3 Å². The number of nitrogens with zero attached hydrogens (tertiary/aromatic N) is 5. The maximum absolute atomic E-state index is 12.7. The van der Waals surface area contributed by atoms with E-state index in [1.165, 1.54) is 6.92 Å². The van der Waals surface area contributed by atoms with E-state index >= 15 is 0 Å². The average Bonchev–Trinajstić information content (AvgIpc) is 2.88. The van der Waals surface area contributed by atoms with Crippen molar-refractivity contribution in [2.75, 3.05) is 11.9 Å². The third-order valence-electron chi connectivity index (χ3n) is 4.48. The first-order valence-corrected chi connectivity index (χ1v) is 13.9. The molecule has 0 fully saturated rings. The van der Waals surface area contributed by atoms with Crippen molar-refractivity contribution in [2.45, 2.75) is 20.0 Å². The Kier molecular flexibility index (Phi) is 22.3. The van der Waals surface area contributed by atoms with Crippen molar-refractivity contribution >= 4 is 22.5 Å². The molecule has 0 saturated carbocycles. The largest absolute Gasteiger partial charge is 3.00 e. The van der Waals surface area contributed by atoms with Crippen LogP contribution in [0.2, 0.25) is 0 Å². The number of aromatic nitrogens is 3. The molecule has 3 aromatic heterocycles. The molecule has 0 atom stereocenters. The van der Waals surface area contributed by atoms with Gasteiger partial charge in [-0.25, -0.2) is 0 Å². The molecular formula is C25H26Cl2Fe2N6O9+6. The number of rotatable bonds is 7. The second-order valence-corrected chi connectivity index (χ2v) is 9.35. The van der Waals surface area contributed by atoms with Crippen LogP contribution in [0.25, 0.3) is 10.9 Å². The normalized spacial score (nSPS) is 10.1. The molecule has 3 N–H and O–H groups in total. The number of amides is 1. The Hall–Kier alpha value is -2.85. The number of hydrogen-bond donors (Lipinski definition) is 3. The summed E-state index contributed by atoms with van der Waals surface area (Å²) in [4.78, 5) is 27.9. The van der Waals surface area contributed by atoms with Crippen LogP contribution in [0.15, 0.2) is 85.3 Å². The van der Waals surface area contributed by atoms with Gasteiger partial charge in [0.25, 0.3) is 0 Å². The molecule has 4 aromatic rings. The summed E-state index contributed by atoms with van der Waals surface area (Å²) >= 11 is 0. The zero-order valence-electron chi connectivity index (χ0n) is 22.7. The first-order valence-electron chi connectivity index (χ1n) is 11.4. The Balaban J connectivity index is 0. The van der Waals surface area contributed by atoms with Gasteiger partial charge in [0.05, 0.1) is 59.3 Å². The number of hydrogen-bond acceptors (Lipinski definition) is 14. The van der Waals surface area contributed by atoms with Gasteiger partial charge in [-0.3, -0.25) is 24.6 Å². The van der Waals surface area contributed by atoms with E-state index in [9.17, 15) is 4.79 Å². The van der Waals surface area contributed by atoms with Crippen molar-refractivity contribution in [1.82, 2.24) is 19.9 Å². The van der Waals surface area contributed by atoms with Crippen molar-refractivity contribution in [3.05, 3.63) is 96.7 Å². The third kappa shape index (κ3) is 23.6. The fourth-order valence-corrected chi connectivity index (χ4v) is 3.16. The van der Waals surface area contributed by atoms with Gasteiger partial charge in [-0.05, 0) is 42.5 Å². The quantitative estimate of drug-likeness (QED) is 0.152. The summed E-state index contributed by atoms with van der Waals surface area (Å²) in [6.45, 7) is 2.78. The minimum Gasteiger partial charge on any atom is -0.325 e. The van der Waals surface area contributed by atoms with Gasteiger partial charge in [-0.1, -0.05) is 24.3 Å². The van der Waals surface area contributed by atoms with E-state index in [1.54, 1.807) is 24.7 Å². The second-order valence-electron chi connectivity index (χ2n) is 7.76. The Morgan fingerprint density at radius 2 is 1.27 bits per heavy atom. The van der Waals surface area contributed by atoms with Gasteiger partial charge in [0.2, 0.25) is 5.91 Å². The van der Waals surface area contributed by atoms with Gasteiger partial charge in [-0.15, -0.1) is 0 Å². The SMILES string of the molecule is CC#N.O=C(CN(Cc1ccccn1)Cc1ccccn1)Nc1ccc2cccnc2c1.[Fe+3].[Fe+3].[O-][Cl+3]([O-])([O-])O.[O-][Cl+3]([O-])([O-])O. The minimum absolute atomic E-state index is 0. The van der Waals surface area contributed by atoms with E-state index in [4.69, 9.17) is 42.5 Å². The van der Waals surface area contributed by atoms with E-state index in [0.717, 1.165) is 28.0 Å². The Morgan fingerprint density at radius 3 is 1.70 bits per heavy atom. The molecule has 234 valence electrons. The van der Waals surface area contributed by atoms with Gasteiger partial charge in [0.1, 0.15) is 0 Å². The van der Waals surface area contributed by atoms with Gasteiger partial charge in [-0.2, -0.15) is 33.2 Å². The Labute approximate surface area is 277 Å². The molecule has 0 unspecified atom stereocenters. The van der Waals surface area contributed by atoms with E-state index in [2.05, 4.69) is 20.3 Å². The molecule has 0 aliphatic heterocycles. The molecule has 0 saturated heterocycles. The van der Waals surface area contributed by atoms with Crippen LogP contribution >= 0.6 is 0 Å². The molecule has 0 spiro atoms.